The molecule has 1 atom stereocenters. The van der Waals surface area contributed by atoms with Gasteiger partial charge in [0.25, 0.3) is 0 Å². The molecule has 0 radical (unpaired) electrons. The Hall–Kier alpha value is -0.550. The molecule has 0 amide bonds. The molecule has 1 aliphatic rings. The first kappa shape index (κ1) is 11.0. The monoisotopic (exact) mass is 280 g/mol. The molecule has 0 aliphatic heterocycles. The molecule has 1 aromatic carbocycles. The fourth-order valence-electron chi connectivity index (χ4n) is 1.47. The van der Waals surface area contributed by atoms with E-state index in [4.69, 9.17) is 0 Å². The van der Waals surface area contributed by atoms with Crippen molar-refractivity contribution >= 4 is 15.9 Å². The van der Waals surface area contributed by atoms with Crippen LogP contribution in [0.2, 0.25) is 0 Å². The molecule has 0 spiro atoms. The fraction of sp³-hybridized carbons (Fsp3) is 0.400. The van der Waals surface area contributed by atoms with E-state index >= 15 is 0 Å². The zero-order valence-corrected chi connectivity index (χ0v) is 9.19. The van der Waals surface area contributed by atoms with Crippen LogP contribution >= 0.6 is 15.9 Å². The number of hydrogen-bond acceptors (Lipinski definition) is 1. The first-order valence-corrected chi connectivity index (χ1v) is 5.32. The molecule has 0 saturated heterocycles. The minimum Gasteiger partial charge on any atom is -0.388 e. The molecule has 0 aromatic heterocycles. The highest BCUT2D eigenvalue weighted by atomic mass is 79.9. The molecule has 1 fully saturated rings. The minimum absolute atomic E-state index is 0.0312. The molecule has 1 saturated carbocycles. The van der Waals surface area contributed by atoms with E-state index in [1.807, 2.05) is 0 Å². The maximum Gasteiger partial charge on any atom is 0.195 e. The van der Waals surface area contributed by atoms with Crippen molar-refractivity contribution in [3.8, 4) is 0 Å². The number of rotatable bonds is 2. The lowest BCUT2D eigenvalue weighted by Gasteiger charge is -2.12. The van der Waals surface area contributed by atoms with E-state index in [9.17, 15) is 18.3 Å². The first-order chi connectivity index (χ1) is 7.02. The molecule has 1 nitrogen and oxygen atoms in total. The zero-order chi connectivity index (χ0) is 11.2. The van der Waals surface area contributed by atoms with Gasteiger partial charge in [-0.1, -0.05) is 0 Å². The molecule has 0 heterocycles. The van der Waals surface area contributed by atoms with Gasteiger partial charge in [-0.15, -0.1) is 0 Å². The maximum absolute atomic E-state index is 13.3. The molecule has 1 N–H and O–H groups in total. The third-order valence-corrected chi connectivity index (χ3v) is 3.09. The van der Waals surface area contributed by atoms with Gasteiger partial charge < -0.3 is 5.11 Å². The molecule has 1 unspecified atom stereocenters. The van der Waals surface area contributed by atoms with E-state index in [1.165, 1.54) is 0 Å². The highest BCUT2D eigenvalue weighted by molar-refractivity contribution is 9.10. The van der Waals surface area contributed by atoms with Crippen LogP contribution in [0.4, 0.5) is 13.2 Å². The third kappa shape index (κ3) is 1.90. The van der Waals surface area contributed by atoms with Gasteiger partial charge in [-0.3, -0.25) is 0 Å². The summed E-state index contributed by atoms with van der Waals surface area (Å²) in [5, 5.41) is 9.63. The van der Waals surface area contributed by atoms with Crippen LogP contribution < -0.4 is 0 Å². The summed E-state index contributed by atoms with van der Waals surface area (Å²) in [4.78, 5) is 0. The molecule has 5 heteroatoms. The molecule has 0 bridgehead atoms. The van der Waals surface area contributed by atoms with E-state index in [2.05, 4.69) is 15.9 Å². The smallest absolute Gasteiger partial charge is 0.195 e. The van der Waals surface area contributed by atoms with Crippen molar-refractivity contribution in [2.45, 2.75) is 18.9 Å². The average molecular weight is 281 g/mol. The van der Waals surface area contributed by atoms with Gasteiger partial charge in [-0.05, 0) is 40.8 Å². The lowest BCUT2D eigenvalue weighted by molar-refractivity contribution is 0.147. The number of halogens is 4. The standard InChI is InChI=1S/C10H8BrF3O/c11-6-3-5(10(15)4-1-2-4)7(12)9(14)8(6)13/h3-4,10,15H,1-2H2. The summed E-state index contributed by atoms with van der Waals surface area (Å²) in [7, 11) is 0. The van der Waals surface area contributed by atoms with Crippen LogP contribution in [0.15, 0.2) is 10.5 Å². The Morgan fingerprint density at radius 3 is 2.33 bits per heavy atom. The second kappa shape index (κ2) is 3.79. The van der Waals surface area contributed by atoms with Crippen LogP contribution in [0.5, 0.6) is 0 Å². The van der Waals surface area contributed by atoms with Crippen LogP contribution in [0.1, 0.15) is 24.5 Å². The quantitative estimate of drug-likeness (QED) is 0.651. The Morgan fingerprint density at radius 1 is 1.20 bits per heavy atom. The molecule has 15 heavy (non-hydrogen) atoms. The number of hydrogen-bond donors (Lipinski definition) is 1. The van der Waals surface area contributed by atoms with E-state index < -0.39 is 23.6 Å². The maximum atomic E-state index is 13.3. The van der Waals surface area contributed by atoms with Crippen LogP contribution in [0.3, 0.4) is 0 Å². The fourth-order valence-corrected chi connectivity index (χ4v) is 1.89. The minimum atomic E-state index is -1.54. The van der Waals surface area contributed by atoms with Gasteiger partial charge in [0.15, 0.2) is 17.5 Å². The van der Waals surface area contributed by atoms with Gasteiger partial charge in [0.2, 0.25) is 0 Å². The van der Waals surface area contributed by atoms with Crippen LogP contribution in [0.25, 0.3) is 0 Å². The van der Waals surface area contributed by atoms with Gasteiger partial charge in [0, 0.05) is 5.56 Å². The van der Waals surface area contributed by atoms with E-state index in [0.717, 1.165) is 18.9 Å². The summed E-state index contributed by atoms with van der Waals surface area (Å²) in [5.41, 5.74) is -0.178. The molecular formula is C10H8BrF3O. The van der Waals surface area contributed by atoms with E-state index in [-0.39, 0.29) is 16.0 Å². The van der Waals surface area contributed by atoms with E-state index in [0.29, 0.717) is 0 Å². The van der Waals surface area contributed by atoms with Gasteiger partial charge in [0.1, 0.15) is 0 Å². The van der Waals surface area contributed by atoms with Crippen molar-refractivity contribution in [2.75, 3.05) is 0 Å². The Morgan fingerprint density at radius 2 is 1.80 bits per heavy atom. The number of aliphatic hydroxyl groups is 1. The predicted octanol–water partition coefficient (Wildman–Crippen LogP) is 3.31. The van der Waals surface area contributed by atoms with Crippen molar-refractivity contribution in [1.29, 1.82) is 0 Å². The van der Waals surface area contributed by atoms with E-state index in [1.54, 1.807) is 0 Å². The topological polar surface area (TPSA) is 20.2 Å². The highest BCUT2D eigenvalue weighted by Crippen LogP contribution is 2.42. The lowest BCUT2D eigenvalue weighted by Crippen LogP contribution is -2.06. The van der Waals surface area contributed by atoms with Gasteiger partial charge in [0.05, 0.1) is 10.6 Å². The molecule has 82 valence electrons. The summed E-state index contributed by atoms with van der Waals surface area (Å²) in [5.74, 6) is -4.13. The average Bonchev–Trinajstić information content (AvgIpc) is 3.03. The van der Waals surface area contributed by atoms with Crippen molar-refractivity contribution in [3.05, 3.63) is 33.6 Å². The molecular weight excluding hydrogens is 273 g/mol. The molecule has 1 aromatic rings. The SMILES string of the molecule is OC(c1cc(Br)c(F)c(F)c1F)C1CC1. The Kier molecular flexibility index (Phi) is 2.77. The first-order valence-electron chi connectivity index (χ1n) is 4.53. The Balaban J connectivity index is 2.46. The Bertz CT molecular complexity index is 404. The number of benzene rings is 1. The zero-order valence-electron chi connectivity index (χ0n) is 7.61. The summed E-state index contributed by atoms with van der Waals surface area (Å²) < 4.78 is 39.0. The normalized spacial score (nSPS) is 17.9. The summed E-state index contributed by atoms with van der Waals surface area (Å²) in [6, 6.07) is 1.09. The van der Waals surface area contributed by atoms with Crippen molar-refractivity contribution < 1.29 is 18.3 Å². The van der Waals surface area contributed by atoms with Crippen molar-refractivity contribution in [2.24, 2.45) is 5.92 Å². The van der Waals surface area contributed by atoms with Gasteiger partial charge in [-0.2, -0.15) is 0 Å². The predicted molar refractivity (Wildman–Crippen MR) is 51.7 cm³/mol. The van der Waals surface area contributed by atoms with Gasteiger partial charge in [-0.25, -0.2) is 13.2 Å². The lowest BCUT2D eigenvalue weighted by atomic mass is 10.0. The summed E-state index contributed by atoms with van der Waals surface area (Å²) >= 11 is 2.78. The van der Waals surface area contributed by atoms with Crippen LogP contribution in [-0.2, 0) is 0 Å². The highest BCUT2D eigenvalue weighted by Gasteiger charge is 2.34. The second-order valence-corrected chi connectivity index (χ2v) is 4.53. The van der Waals surface area contributed by atoms with Crippen molar-refractivity contribution in [3.63, 3.8) is 0 Å². The third-order valence-electron chi connectivity index (χ3n) is 2.52. The van der Waals surface area contributed by atoms with Crippen LogP contribution in [0, 0.1) is 23.4 Å². The number of aliphatic hydroxyl groups excluding tert-OH is 1. The largest absolute Gasteiger partial charge is 0.388 e. The summed E-state index contributed by atoms with van der Waals surface area (Å²) in [6.45, 7) is 0. The molecule has 1 aliphatic carbocycles. The second-order valence-electron chi connectivity index (χ2n) is 3.67. The summed E-state index contributed by atoms with van der Waals surface area (Å²) in [6.07, 6.45) is 0.533. The van der Waals surface area contributed by atoms with Crippen molar-refractivity contribution in [1.82, 2.24) is 0 Å². The Labute approximate surface area is 93.0 Å². The molecule has 2 rings (SSSR count). The van der Waals surface area contributed by atoms with Crippen LogP contribution in [-0.4, -0.2) is 5.11 Å². The van der Waals surface area contributed by atoms with Gasteiger partial charge >= 0.3 is 0 Å².